The largest absolute Gasteiger partial charge is 0.467 e. The average molecular weight is 284 g/mol. The summed E-state index contributed by atoms with van der Waals surface area (Å²) in [6, 6.07) is -0.732. The monoisotopic (exact) mass is 284 g/mol. The second kappa shape index (κ2) is 8.25. The number of nitrogens with one attached hydrogen (secondary N) is 2. The van der Waals surface area contributed by atoms with Crippen LogP contribution in [0.5, 0.6) is 0 Å². The van der Waals surface area contributed by atoms with Crippen molar-refractivity contribution in [1.82, 2.24) is 10.6 Å². The van der Waals surface area contributed by atoms with Gasteiger partial charge in [-0.1, -0.05) is 27.2 Å². The van der Waals surface area contributed by atoms with E-state index >= 15 is 0 Å². The summed E-state index contributed by atoms with van der Waals surface area (Å²) in [7, 11) is 1.35. The summed E-state index contributed by atoms with van der Waals surface area (Å²) >= 11 is 0. The fourth-order valence-electron chi connectivity index (χ4n) is 2.67. The molecule has 5 heteroatoms. The number of hydrogen-bond acceptors (Lipinski definition) is 4. The Morgan fingerprint density at radius 1 is 1.40 bits per heavy atom. The fraction of sp³-hybridized carbons (Fsp3) is 0.867. The third-order valence-electron chi connectivity index (χ3n) is 3.92. The van der Waals surface area contributed by atoms with Crippen LogP contribution in [-0.2, 0) is 14.3 Å². The molecule has 0 aliphatic carbocycles. The third-order valence-corrected chi connectivity index (χ3v) is 3.92. The van der Waals surface area contributed by atoms with Crippen molar-refractivity contribution < 1.29 is 14.3 Å². The van der Waals surface area contributed by atoms with Crippen molar-refractivity contribution in [1.29, 1.82) is 0 Å². The second-order valence-electron chi connectivity index (χ2n) is 6.02. The molecule has 1 rings (SSSR count). The van der Waals surface area contributed by atoms with Gasteiger partial charge in [-0.15, -0.1) is 0 Å². The molecule has 1 fully saturated rings. The highest BCUT2D eigenvalue weighted by Crippen LogP contribution is 2.19. The Hall–Kier alpha value is -1.10. The van der Waals surface area contributed by atoms with Crippen LogP contribution in [0, 0.1) is 11.8 Å². The van der Waals surface area contributed by atoms with Crippen LogP contribution in [0.15, 0.2) is 0 Å². The van der Waals surface area contributed by atoms with Gasteiger partial charge in [0.2, 0.25) is 5.91 Å². The highest BCUT2D eigenvalue weighted by atomic mass is 16.5. The Morgan fingerprint density at radius 3 is 2.65 bits per heavy atom. The van der Waals surface area contributed by atoms with Crippen LogP contribution >= 0.6 is 0 Å². The summed E-state index contributed by atoms with van der Waals surface area (Å²) in [5, 5.41) is 6.07. The SMILES string of the molecule is CCC1CCNC(C(=O)N[C@@H](CC(C)C)C(=O)OC)C1. The van der Waals surface area contributed by atoms with Gasteiger partial charge in [-0.3, -0.25) is 4.79 Å². The Bertz CT molecular complexity index is 331. The lowest BCUT2D eigenvalue weighted by atomic mass is 9.90. The van der Waals surface area contributed by atoms with Crippen molar-refractivity contribution in [3.8, 4) is 0 Å². The topological polar surface area (TPSA) is 67.4 Å². The lowest BCUT2D eigenvalue weighted by Crippen LogP contribution is -2.53. The molecule has 0 aromatic carbocycles. The Morgan fingerprint density at radius 2 is 2.10 bits per heavy atom. The number of carbonyl (C=O) groups is 2. The molecule has 1 aliphatic rings. The van der Waals surface area contributed by atoms with Crippen LogP contribution in [0.25, 0.3) is 0 Å². The van der Waals surface area contributed by atoms with E-state index < -0.39 is 6.04 Å². The van der Waals surface area contributed by atoms with Gasteiger partial charge in [-0.05, 0) is 37.6 Å². The molecule has 5 nitrogen and oxygen atoms in total. The van der Waals surface area contributed by atoms with Crippen LogP contribution in [0.2, 0.25) is 0 Å². The van der Waals surface area contributed by atoms with E-state index in [2.05, 4.69) is 17.6 Å². The first-order valence-electron chi connectivity index (χ1n) is 7.59. The molecule has 1 aliphatic heterocycles. The summed E-state index contributed by atoms with van der Waals surface area (Å²) in [4.78, 5) is 24.0. The number of amides is 1. The molecular weight excluding hydrogens is 256 g/mol. The zero-order valence-corrected chi connectivity index (χ0v) is 13.1. The molecule has 0 aromatic rings. The number of carbonyl (C=O) groups excluding carboxylic acids is 2. The van der Waals surface area contributed by atoms with Gasteiger partial charge in [0.15, 0.2) is 0 Å². The fourth-order valence-corrected chi connectivity index (χ4v) is 2.67. The minimum Gasteiger partial charge on any atom is -0.467 e. The van der Waals surface area contributed by atoms with E-state index in [0.29, 0.717) is 18.3 Å². The summed E-state index contributed by atoms with van der Waals surface area (Å²) in [5.41, 5.74) is 0. The minimum absolute atomic E-state index is 0.0841. The molecule has 0 spiro atoms. The van der Waals surface area contributed by atoms with Gasteiger partial charge in [-0.25, -0.2) is 4.79 Å². The van der Waals surface area contributed by atoms with Crippen molar-refractivity contribution in [2.75, 3.05) is 13.7 Å². The minimum atomic E-state index is -0.545. The van der Waals surface area contributed by atoms with Crippen molar-refractivity contribution in [3.05, 3.63) is 0 Å². The molecule has 1 amide bonds. The maximum Gasteiger partial charge on any atom is 0.328 e. The molecule has 1 saturated heterocycles. The number of hydrogen-bond donors (Lipinski definition) is 2. The number of rotatable bonds is 6. The van der Waals surface area contributed by atoms with Gasteiger partial charge in [-0.2, -0.15) is 0 Å². The summed E-state index contributed by atoms with van der Waals surface area (Å²) in [6.07, 6.45) is 3.66. The van der Waals surface area contributed by atoms with Gasteiger partial charge in [0.1, 0.15) is 6.04 Å². The Labute approximate surface area is 121 Å². The summed E-state index contributed by atoms with van der Waals surface area (Å²) < 4.78 is 4.77. The predicted octanol–water partition coefficient (Wildman–Crippen LogP) is 1.47. The highest BCUT2D eigenvalue weighted by molar-refractivity contribution is 5.87. The van der Waals surface area contributed by atoms with Crippen LogP contribution < -0.4 is 10.6 Å². The number of esters is 1. The first kappa shape index (κ1) is 17.0. The van der Waals surface area contributed by atoms with E-state index in [1.54, 1.807) is 0 Å². The molecule has 116 valence electrons. The van der Waals surface area contributed by atoms with Gasteiger partial charge in [0.25, 0.3) is 0 Å². The lowest BCUT2D eigenvalue weighted by molar-refractivity contribution is -0.145. The molecule has 1 heterocycles. The smallest absolute Gasteiger partial charge is 0.328 e. The van der Waals surface area contributed by atoms with Crippen LogP contribution in [0.1, 0.15) is 46.5 Å². The normalized spacial score (nSPS) is 24.2. The molecule has 0 bridgehead atoms. The zero-order valence-electron chi connectivity index (χ0n) is 13.1. The van der Waals surface area contributed by atoms with E-state index in [1.165, 1.54) is 7.11 Å². The van der Waals surface area contributed by atoms with Crippen LogP contribution in [0.3, 0.4) is 0 Å². The van der Waals surface area contributed by atoms with Crippen molar-refractivity contribution in [2.45, 2.75) is 58.5 Å². The third kappa shape index (κ3) is 5.12. The van der Waals surface area contributed by atoms with Crippen molar-refractivity contribution >= 4 is 11.9 Å². The summed E-state index contributed by atoms with van der Waals surface area (Å²) in [6.45, 7) is 7.06. The van der Waals surface area contributed by atoms with Crippen molar-refractivity contribution in [2.24, 2.45) is 11.8 Å². The maximum atomic E-state index is 12.3. The second-order valence-corrected chi connectivity index (χ2v) is 6.02. The van der Waals surface area contributed by atoms with E-state index in [0.717, 1.165) is 25.8 Å². The first-order valence-corrected chi connectivity index (χ1v) is 7.59. The van der Waals surface area contributed by atoms with Crippen LogP contribution in [0.4, 0.5) is 0 Å². The van der Waals surface area contributed by atoms with Crippen molar-refractivity contribution in [3.63, 3.8) is 0 Å². The Balaban J connectivity index is 2.58. The molecule has 3 atom stereocenters. The average Bonchev–Trinajstić information content (AvgIpc) is 2.45. The molecule has 2 N–H and O–H groups in total. The van der Waals surface area contributed by atoms with Crippen LogP contribution in [-0.4, -0.2) is 37.6 Å². The van der Waals surface area contributed by atoms with Gasteiger partial charge < -0.3 is 15.4 Å². The molecule has 0 aromatic heterocycles. The van der Waals surface area contributed by atoms with Gasteiger partial charge in [0.05, 0.1) is 13.2 Å². The van der Waals surface area contributed by atoms with Gasteiger partial charge >= 0.3 is 5.97 Å². The summed E-state index contributed by atoms with van der Waals surface area (Å²) in [5.74, 6) is 0.463. The quantitative estimate of drug-likeness (QED) is 0.725. The molecule has 2 unspecified atom stereocenters. The molecule has 20 heavy (non-hydrogen) atoms. The number of ether oxygens (including phenoxy) is 1. The van der Waals surface area contributed by atoms with E-state index in [9.17, 15) is 9.59 Å². The van der Waals surface area contributed by atoms with E-state index in [4.69, 9.17) is 4.74 Å². The molecule has 0 radical (unpaired) electrons. The molecule has 0 saturated carbocycles. The predicted molar refractivity (Wildman–Crippen MR) is 78.2 cm³/mol. The van der Waals surface area contributed by atoms with E-state index in [1.807, 2.05) is 13.8 Å². The first-order chi connectivity index (χ1) is 9.47. The standard InChI is InChI=1S/C15H28N2O3/c1-5-11-6-7-16-12(9-11)14(18)17-13(8-10(2)3)15(19)20-4/h10-13,16H,5-9H2,1-4H3,(H,17,18)/t11?,12?,13-/m0/s1. The Kier molecular flexibility index (Phi) is 6.99. The molecular formula is C15H28N2O3. The van der Waals surface area contributed by atoms with Gasteiger partial charge in [0, 0.05) is 0 Å². The maximum absolute atomic E-state index is 12.3. The highest BCUT2D eigenvalue weighted by Gasteiger charge is 2.29. The number of piperidine rings is 1. The number of methoxy groups -OCH3 is 1. The lowest BCUT2D eigenvalue weighted by Gasteiger charge is -2.30. The zero-order chi connectivity index (χ0) is 15.1. The van der Waals surface area contributed by atoms with E-state index in [-0.39, 0.29) is 17.9 Å².